The second-order valence-corrected chi connectivity index (χ2v) is 4.37. The molecule has 1 heterocycles. The fraction of sp³-hybridized carbons (Fsp3) is 0.600. The molecule has 1 aromatic rings. The van der Waals surface area contributed by atoms with Gasteiger partial charge in [0.15, 0.2) is 0 Å². The Kier molecular flexibility index (Phi) is 2.78. The minimum absolute atomic E-state index is 0.0383. The molecule has 0 aliphatic heterocycles. The summed E-state index contributed by atoms with van der Waals surface area (Å²) in [6.07, 6.45) is 4.11. The van der Waals surface area contributed by atoms with Crippen molar-refractivity contribution in [1.82, 2.24) is 4.57 Å². The van der Waals surface area contributed by atoms with E-state index in [0.717, 1.165) is 5.56 Å². The molecular weight excluding hydrogens is 162 g/mol. The van der Waals surface area contributed by atoms with Gasteiger partial charge in [-0.15, -0.1) is 0 Å². The van der Waals surface area contributed by atoms with Crippen molar-refractivity contribution in [2.45, 2.75) is 32.4 Å². The topological polar surface area (TPSA) is 57.0 Å². The lowest BCUT2D eigenvalue weighted by Gasteiger charge is -2.21. The van der Waals surface area contributed by atoms with Crippen molar-refractivity contribution < 1.29 is 0 Å². The van der Waals surface area contributed by atoms with Gasteiger partial charge in [0, 0.05) is 30.5 Å². The van der Waals surface area contributed by atoms with Crippen molar-refractivity contribution in [3.63, 3.8) is 0 Å². The van der Waals surface area contributed by atoms with Crippen LogP contribution in [0.2, 0.25) is 0 Å². The standard InChI is InChI=1S/C10H19N3/c1-10(2,3)13-5-4-8(7-13)9(12)6-11/h4-5,7,9H,6,11-12H2,1-3H3. The van der Waals surface area contributed by atoms with Gasteiger partial charge in [0.1, 0.15) is 0 Å². The minimum Gasteiger partial charge on any atom is -0.349 e. The van der Waals surface area contributed by atoms with E-state index >= 15 is 0 Å². The largest absolute Gasteiger partial charge is 0.349 e. The van der Waals surface area contributed by atoms with Gasteiger partial charge in [0.2, 0.25) is 0 Å². The average Bonchev–Trinajstić information content (AvgIpc) is 2.50. The van der Waals surface area contributed by atoms with E-state index in [1.165, 1.54) is 0 Å². The van der Waals surface area contributed by atoms with Gasteiger partial charge < -0.3 is 16.0 Å². The van der Waals surface area contributed by atoms with Crippen molar-refractivity contribution >= 4 is 0 Å². The van der Waals surface area contributed by atoms with Gasteiger partial charge in [-0.25, -0.2) is 0 Å². The van der Waals surface area contributed by atoms with Crippen LogP contribution in [0, 0.1) is 0 Å². The van der Waals surface area contributed by atoms with Gasteiger partial charge >= 0.3 is 0 Å². The fourth-order valence-electron chi connectivity index (χ4n) is 1.19. The molecule has 0 bridgehead atoms. The van der Waals surface area contributed by atoms with E-state index in [-0.39, 0.29) is 11.6 Å². The minimum atomic E-state index is -0.0383. The van der Waals surface area contributed by atoms with E-state index in [0.29, 0.717) is 6.54 Å². The van der Waals surface area contributed by atoms with Gasteiger partial charge in [-0.05, 0) is 32.4 Å². The first-order valence-electron chi connectivity index (χ1n) is 4.59. The van der Waals surface area contributed by atoms with Crippen molar-refractivity contribution in [3.05, 3.63) is 24.0 Å². The summed E-state index contributed by atoms with van der Waals surface area (Å²) in [4.78, 5) is 0. The van der Waals surface area contributed by atoms with Crippen LogP contribution in [-0.2, 0) is 5.54 Å². The van der Waals surface area contributed by atoms with E-state index in [4.69, 9.17) is 11.5 Å². The predicted molar refractivity (Wildman–Crippen MR) is 55.4 cm³/mol. The Morgan fingerprint density at radius 2 is 2.08 bits per heavy atom. The highest BCUT2D eigenvalue weighted by Gasteiger charge is 2.13. The summed E-state index contributed by atoms with van der Waals surface area (Å²) in [5.74, 6) is 0. The summed E-state index contributed by atoms with van der Waals surface area (Å²) in [5.41, 5.74) is 12.5. The molecule has 0 aliphatic carbocycles. The number of hydrogen-bond donors (Lipinski definition) is 2. The fourth-order valence-corrected chi connectivity index (χ4v) is 1.19. The molecule has 0 aromatic carbocycles. The SMILES string of the molecule is CC(C)(C)n1ccc(C(N)CN)c1. The third-order valence-corrected chi connectivity index (χ3v) is 2.17. The molecule has 3 heteroatoms. The Morgan fingerprint density at radius 1 is 1.46 bits per heavy atom. The summed E-state index contributed by atoms with van der Waals surface area (Å²) in [7, 11) is 0. The summed E-state index contributed by atoms with van der Waals surface area (Å²) >= 11 is 0. The van der Waals surface area contributed by atoms with E-state index < -0.39 is 0 Å². The number of nitrogens with two attached hydrogens (primary N) is 2. The van der Waals surface area contributed by atoms with Gasteiger partial charge in [0.25, 0.3) is 0 Å². The Balaban J connectivity index is 2.87. The van der Waals surface area contributed by atoms with Crippen LogP contribution in [0.25, 0.3) is 0 Å². The van der Waals surface area contributed by atoms with Crippen LogP contribution in [0.3, 0.4) is 0 Å². The zero-order valence-corrected chi connectivity index (χ0v) is 8.62. The third kappa shape index (κ3) is 2.32. The molecule has 1 atom stereocenters. The summed E-state index contributed by atoms with van der Waals surface area (Å²) in [6, 6.07) is 1.99. The molecule has 1 aromatic heterocycles. The van der Waals surface area contributed by atoms with Crippen molar-refractivity contribution in [3.8, 4) is 0 Å². The van der Waals surface area contributed by atoms with Crippen LogP contribution in [0.1, 0.15) is 32.4 Å². The summed E-state index contributed by atoms with van der Waals surface area (Å²) < 4.78 is 2.15. The molecule has 74 valence electrons. The maximum atomic E-state index is 5.81. The lowest BCUT2D eigenvalue weighted by Crippen LogP contribution is -2.22. The normalized spacial score (nSPS) is 14.5. The van der Waals surface area contributed by atoms with Gasteiger partial charge in [-0.3, -0.25) is 0 Å². The zero-order chi connectivity index (χ0) is 10.1. The molecule has 0 saturated carbocycles. The predicted octanol–water partition coefficient (Wildman–Crippen LogP) is 1.20. The van der Waals surface area contributed by atoms with Gasteiger partial charge in [-0.1, -0.05) is 0 Å². The smallest absolute Gasteiger partial charge is 0.0434 e. The molecule has 4 N–H and O–H groups in total. The molecule has 13 heavy (non-hydrogen) atoms. The van der Waals surface area contributed by atoms with Crippen molar-refractivity contribution in [2.75, 3.05) is 6.54 Å². The zero-order valence-electron chi connectivity index (χ0n) is 8.62. The molecule has 0 saturated heterocycles. The van der Waals surface area contributed by atoms with Crippen LogP contribution in [0.5, 0.6) is 0 Å². The van der Waals surface area contributed by atoms with Crippen molar-refractivity contribution in [1.29, 1.82) is 0 Å². The molecule has 0 aliphatic rings. The molecule has 0 amide bonds. The second kappa shape index (κ2) is 3.52. The number of hydrogen-bond acceptors (Lipinski definition) is 2. The molecule has 1 unspecified atom stereocenters. The van der Waals surface area contributed by atoms with Crippen LogP contribution in [0.4, 0.5) is 0 Å². The van der Waals surface area contributed by atoms with Crippen LogP contribution >= 0.6 is 0 Å². The monoisotopic (exact) mass is 181 g/mol. The van der Waals surface area contributed by atoms with Crippen LogP contribution in [0.15, 0.2) is 18.5 Å². The number of rotatable bonds is 2. The Hall–Kier alpha value is -0.800. The first-order valence-corrected chi connectivity index (χ1v) is 4.59. The van der Waals surface area contributed by atoms with Gasteiger partial charge in [-0.2, -0.15) is 0 Å². The van der Waals surface area contributed by atoms with E-state index in [9.17, 15) is 0 Å². The van der Waals surface area contributed by atoms with Crippen LogP contribution < -0.4 is 11.5 Å². The Morgan fingerprint density at radius 3 is 2.46 bits per heavy atom. The maximum Gasteiger partial charge on any atom is 0.0434 e. The van der Waals surface area contributed by atoms with Crippen molar-refractivity contribution in [2.24, 2.45) is 11.5 Å². The van der Waals surface area contributed by atoms with Gasteiger partial charge in [0.05, 0.1) is 0 Å². The first-order chi connectivity index (χ1) is 5.95. The third-order valence-electron chi connectivity index (χ3n) is 2.17. The molecule has 0 radical (unpaired) electrons. The summed E-state index contributed by atoms with van der Waals surface area (Å²) in [6.45, 7) is 6.97. The average molecular weight is 181 g/mol. The molecule has 0 spiro atoms. The maximum absolute atomic E-state index is 5.81. The lowest BCUT2D eigenvalue weighted by molar-refractivity contribution is 0.397. The Labute approximate surface area is 79.7 Å². The second-order valence-electron chi connectivity index (χ2n) is 4.37. The highest BCUT2D eigenvalue weighted by atomic mass is 15.0. The van der Waals surface area contributed by atoms with Crippen LogP contribution in [-0.4, -0.2) is 11.1 Å². The highest BCUT2D eigenvalue weighted by molar-refractivity contribution is 5.16. The van der Waals surface area contributed by atoms with E-state index in [1.807, 2.05) is 12.3 Å². The lowest BCUT2D eigenvalue weighted by atomic mass is 10.1. The Bertz CT molecular complexity index is 270. The molecule has 1 rings (SSSR count). The van der Waals surface area contributed by atoms with E-state index in [2.05, 4.69) is 31.5 Å². The molecule has 3 nitrogen and oxygen atoms in total. The van der Waals surface area contributed by atoms with E-state index in [1.54, 1.807) is 0 Å². The highest BCUT2D eigenvalue weighted by Crippen LogP contribution is 2.18. The molecular formula is C10H19N3. The number of nitrogens with zero attached hydrogens (tertiary/aromatic N) is 1. The summed E-state index contributed by atoms with van der Waals surface area (Å²) in [5, 5.41) is 0. The first kappa shape index (κ1) is 10.3. The number of aromatic nitrogens is 1. The molecule has 0 fully saturated rings. The quantitative estimate of drug-likeness (QED) is 0.720.